The maximum atomic E-state index is 10.2. The number of pyridine rings is 2. The van der Waals surface area contributed by atoms with E-state index in [2.05, 4.69) is 49.3 Å². The monoisotopic (exact) mass is 467 g/mol. The molecule has 1 fully saturated rings. The number of hydrogen-bond acceptors (Lipinski definition) is 5. The molecule has 1 aliphatic heterocycles. The number of aliphatic hydroxyl groups is 1. The van der Waals surface area contributed by atoms with E-state index in [1.165, 1.54) is 61.9 Å². The average molecular weight is 468 g/mol. The number of aromatic nitrogens is 4. The zero-order valence-corrected chi connectivity index (χ0v) is 20.6. The third-order valence-corrected chi connectivity index (χ3v) is 7.77. The van der Waals surface area contributed by atoms with E-state index in [9.17, 15) is 5.11 Å². The maximum Gasteiger partial charge on any atom is 0.155 e. The number of aromatic amines is 1. The van der Waals surface area contributed by atoms with E-state index in [0.29, 0.717) is 5.69 Å². The van der Waals surface area contributed by atoms with Crippen molar-refractivity contribution < 1.29 is 5.11 Å². The van der Waals surface area contributed by atoms with Gasteiger partial charge in [0, 0.05) is 34.9 Å². The molecule has 1 saturated heterocycles. The highest BCUT2D eigenvalue weighted by molar-refractivity contribution is 5.93. The van der Waals surface area contributed by atoms with Gasteiger partial charge in [-0.2, -0.15) is 5.10 Å². The fraction of sp³-hybridized carbons (Fsp3) is 0.414. The van der Waals surface area contributed by atoms with Crippen molar-refractivity contribution in [3.05, 3.63) is 65.6 Å². The lowest BCUT2D eigenvalue weighted by Crippen LogP contribution is -2.32. The number of H-pyrrole nitrogens is 1. The first-order valence-electron chi connectivity index (χ1n) is 12.9. The predicted molar refractivity (Wildman–Crippen MR) is 139 cm³/mol. The standard InChI is InChI=1S/C29H33N5O/c1-29(2,35)26-12-9-22(17-30-26)27-25-16-23(18-31-28(25)33-32-27)21-6-5-19-7-10-24(11-8-20(19)15-21)34-13-3-4-14-34/h5-6,9,12,15-18,24,35H,3-4,7-8,10-11,13-14H2,1-2H3,(H,31,32,33). The van der Waals surface area contributed by atoms with Crippen molar-refractivity contribution in [2.24, 2.45) is 0 Å². The number of nitrogens with one attached hydrogen (secondary N) is 1. The maximum absolute atomic E-state index is 10.2. The molecular weight excluding hydrogens is 434 g/mol. The molecule has 0 spiro atoms. The van der Waals surface area contributed by atoms with Crippen molar-refractivity contribution in [2.75, 3.05) is 13.1 Å². The highest BCUT2D eigenvalue weighted by Gasteiger charge is 2.24. The zero-order chi connectivity index (χ0) is 24.0. The van der Waals surface area contributed by atoms with E-state index in [1.807, 2.05) is 18.3 Å². The van der Waals surface area contributed by atoms with E-state index >= 15 is 0 Å². The molecule has 1 aromatic carbocycles. The third kappa shape index (κ3) is 4.37. The summed E-state index contributed by atoms with van der Waals surface area (Å²) < 4.78 is 0. The Bertz CT molecular complexity index is 1350. The molecule has 35 heavy (non-hydrogen) atoms. The molecule has 6 heteroatoms. The van der Waals surface area contributed by atoms with Crippen LogP contribution in [0.5, 0.6) is 0 Å². The first-order valence-corrected chi connectivity index (χ1v) is 12.9. The van der Waals surface area contributed by atoms with Crippen molar-refractivity contribution in [2.45, 2.75) is 64.0 Å². The summed E-state index contributed by atoms with van der Waals surface area (Å²) in [6.07, 6.45) is 11.3. The number of benzene rings is 1. The normalized spacial score (nSPS) is 19.1. The summed E-state index contributed by atoms with van der Waals surface area (Å²) in [6, 6.07) is 13.7. The minimum atomic E-state index is -0.972. The molecule has 1 unspecified atom stereocenters. The van der Waals surface area contributed by atoms with Crippen LogP contribution in [0.15, 0.2) is 48.8 Å². The van der Waals surface area contributed by atoms with Crippen molar-refractivity contribution in [3.8, 4) is 22.4 Å². The van der Waals surface area contributed by atoms with Crippen LogP contribution in [0, 0.1) is 0 Å². The number of aryl methyl sites for hydroxylation is 2. The highest BCUT2D eigenvalue weighted by Crippen LogP contribution is 2.33. The molecule has 1 atom stereocenters. The molecule has 1 aliphatic carbocycles. The molecule has 0 radical (unpaired) electrons. The molecule has 2 aliphatic rings. The molecule has 2 N–H and O–H groups in total. The van der Waals surface area contributed by atoms with Crippen LogP contribution >= 0.6 is 0 Å². The molecule has 0 bridgehead atoms. The summed E-state index contributed by atoms with van der Waals surface area (Å²) in [5.41, 5.74) is 7.46. The van der Waals surface area contributed by atoms with Gasteiger partial charge in [0.1, 0.15) is 11.3 Å². The van der Waals surface area contributed by atoms with Crippen LogP contribution in [-0.2, 0) is 18.4 Å². The van der Waals surface area contributed by atoms with E-state index in [0.717, 1.165) is 40.3 Å². The van der Waals surface area contributed by atoms with Crippen LogP contribution in [0.25, 0.3) is 33.4 Å². The summed E-state index contributed by atoms with van der Waals surface area (Å²) in [6.45, 7) is 6.03. The van der Waals surface area contributed by atoms with Gasteiger partial charge in [-0.1, -0.05) is 18.2 Å². The predicted octanol–water partition coefficient (Wildman–Crippen LogP) is 5.26. The zero-order valence-electron chi connectivity index (χ0n) is 20.6. The molecule has 180 valence electrons. The number of likely N-dealkylation sites (tertiary alicyclic amines) is 1. The molecule has 6 rings (SSSR count). The van der Waals surface area contributed by atoms with Gasteiger partial charge in [-0.15, -0.1) is 0 Å². The lowest BCUT2D eigenvalue weighted by molar-refractivity contribution is 0.0739. The van der Waals surface area contributed by atoms with Crippen molar-refractivity contribution in [3.63, 3.8) is 0 Å². The van der Waals surface area contributed by atoms with Crippen LogP contribution in [0.1, 0.15) is 56.4 Å². The summed E-state index contributed by atoms with van der Waals surface area (Å²) in [5, 5.41) is 18.8. The molecule has 6 nitrogen and oxygen atoms in total. The van der Waals surface area contributed by atoms with Gasteiger partial charge in [-0.05, 0) is 100 Å². The first-order chi connectivity index (χ1) is 17.0. The second-order valence-corrected chi connectivity index (χ2v) is 10.6. The van der Waals surface area contributed by atoms with Crippen LogP contribution in [0.3, 0.4) is 0 Å². The molecule has 0 saturated carbocycles. The van der Waals surface area contributed by atoms with Crippen molar-refractivity contribution in [1.29, 1.82) is 0 Å². The molecular formula is C29H33N5O. The quantitative estimate of drug-likeness (QED) is 0.401. The van der Waals surface area contributed by atoms with E-state index in [-0.39, 0.29) is 0 Å². The highest BCUT2D eigenvalue weighted by atomic mass is 16.3. The van der Waals surface area contributed by atoms with Gasteiger partial charge in [-0.25, -0.2) is 4.98 Å². The van der Waals surface area contributed by atoms with Crippen LogP contribution < -0.4 is 0 Å². The number of rotatable bonds is 4. The Morgan fingerprint density at radius 2 is 1.63 bits per heavy atom. The molecule has 0 amide bonds. The number of hydrogen-bond donors (Lipinski definition) is 2. The number of fused-ring (bicyclic) bond motifs is 2. The van der Waals surface area contributed by atoms with Crippen LogP contribution in [0.2, 0.25) is 0 Å². The second kappa shape index (κ2) is 8.85. The fourth-order valence-corrected chi connectivity index (χ4v) is 5.72. The third-order valence-electron chi connectivity index (χ3n) is 7.77. The Balaban J connectivity index is 1.29. The largest absolute Gasteiger partial charge is 0.384 e. The molecule has 4 aromatic rings. The van der Waals surface area contributed by atoms with Crippen LogP contribution in [0.4, 0.5) is 0 Å². The van der Waals surface area contributed by atoms with E-state index < -0.39 is 5.60 Å². The van der Waals surface area contributed by atoms with Crippen molar-refractivity contribution in [1.82, 2.24) is 25.1 Å². The van der Waals surface area contributed by atoms with E-state index in [1.54, 1.807) is 20.0 Å². The van der Waals surface area contributed by atoms with Gasteiger partial charge in [0.15, 0.2) is 5.65 Å². The van der Waals surface area contributed by atoms with Gasteiger partial charge in [0.05, 0.1) is 5.69 Å². The Morgan fingerprint density at radius 1 is 0.886 bits per heavy atom. The Kier molecular flexibility index (Phi) is 5.66. The van der Waals surface area contributed by atoms with Gasteiger partial charge >= 0.3 is 0 Å². The molecule has 4 heterocycles. The lowest BCUT2D eigenvalue weighted by atomic mass is 9.96. The lowest BCUT2D eigenvalue weighted by Gasteiger charge is -2.25. The smallest absolute Gasteiger partial charge is 0.155 e. The number of nitrogens with zero attached hydrogens (tertiary/aromatic N) is 4. The van der Waals surface area contributed by atoms with E-state index in [4.69, 9.17) is 0 Å². The Hall–Kier alpha value is -3.09. The van der Waals surface area contributed by atoms with Crippen LogP contribution in [-0.4, -0.2) is 49.3 Å². The SMILES string of the molecule is CC(C)(O)c1ccc(-c2n[nH]c3ncc(-c4ccc5c(c4)CCC(N4CCCC4)CC5)cc23)cn1. The van der Waals surface area contributed by atoms with Crippen molar-refractivity contribution >= 4 is 11.0 Å². The van der Waals surface area contributed by atoms with Gasteiger partial charge in [-0.3, -0.25) is 10.1 Å². The minimum Gasteiger partial charge on any atom is -0.384 e. The van der Waals surface area contributed by atoms with Gasteiger partial charge < -0.3 is 10.0 Å². The summed E-state index contributed by atoms with van der Waals surface area (Å²) in [7, 11) is 0. The summed E-state index contributed by atoms with van der Waals surface area (Å²) in [5.74, 6) is 0. The second-order valence-electron chi connectivity index (χ2n) is 10.6. The Labute approximate surface area is 206 Å². The first kappa shape index (κ1) is 22.4. The van der Waals surface area contributed by atoms with Gasteiger partial charge in [0.2, 0.25) is 0 Å². The molecule has 3 aromatic heterocycles. The summed E-state index contributed by atoms with van der Waals surface area (Å²) in [4.78, 5) is 11.8. The minimum absolute atomic E-state index is 0.636. The fourth-order valence-electron chi connectivity index (χ4n) is 5.72. The Morgan fingerprint density at radius 3 is 2.37 bits per heavy atom. The van der Waals surface area contributed by atoms with Gasteiger partial charge in [0.25, 0.3) is 0 Å². The average Bonchev–Trinajstić information content (AvgIpc) is 3.49. The summed E-state index contributed by atoms with van der Waals surface area (Å²) >= 11 is 0. The topological polar surface area (TPSA) is 77.9 Å².